The SMILES string of the molecule is CC(=O)n1c(=O)c(-c2ccccc2)c(-c2ccccc2)c2ccccc21. The van der Waals surface area contributed by atoms with Crippen LogP contribution >= 0.6 is 0 Å². The van der Waals surface area contributed by atoms with Crippen LogP contribution in [0.2, 0.25) is 0 Å². The Bertz CT molecular complexity index is 1160. The Kier molecular flexibility index (Phi) is 3.98. The summed E-state index contributed by atoms with van der Waals surface area (Å²) in [5.41, 5.74) is 3.50. The maximum Gasteiger partial charge on any atom is 0.266 e. The fraction of sp³-hybridized carbons (Fsp3) is 0.0435. The molecule has 3 nitrogen and oxygen atoms in total. The average Bonchev–Trinajstić information content (AvgIpc) is 2.68. The van der Waals surface area contributed by atoms with Gasteiger partial charge in [-0.2, -0.15) is 0 Å². The van der Waals surface area contributed by atoms with Gasteiger partial charge in [0.1, 0.15) is 0 Å². The van der Waals surface area contributed by atoms with E-state index in [1.165, 1.54) is 11.5 Å². The number of carbonyl (C=O) groups is 1. The molecule has 0 spiro atoms. The third kappa shape index (κ3) is 2.54. The first-order valence-electron chi connectivity index (χ1n) is 8.48. The predicted molar refractivity (Wildman–Crippen MR) is 105 cm³/mol. The van der Waals surface area contributed by atoms with Crippen LogP contribution < -0.4 is 5.56 Å². The summed E-state index contributed by atoms with van der Waals surface area (Å²) in [7, 11) is 0. The van der Waals surface area contributed by atoms with Gasteiger partial charge in [0.15, 0.2) is 0 Å². The number of fused-ring (bicyclic) bond motifs is 1. The monoisotopic (exact) mass is 339 g/mol. The van der Waals surface area contributed by atoms with Crippen molar-refractivity contribution >= 4 is 16.8 Å². The summed E-state index contributed by atoms with van der Waals surface area (Å²) in [6, 6.07) is 26.9. The van der Waals surface area contributed by atoms with Crippen molar-refractivity contribution in [1.82, 2.24) is 4.57 Å². The fourth-order valence-electron chi connectivity index (χ4n) is 3.43. The van der Waals surface area contributed by atoms with Gasteiger partial charge in [-0.1, -0.05) is 78.9 Å². The quantitative estimate of drug-likeness (QED) is 0.516. The van der Waals surface area contributed by atoms with Gasteiger partial charge in [-0.3, -0.25) is 9.59 Å². The number of rotatable bonds is 2. The van der Waals surface area contributed by atoms with Gasteiger partial charge < -0.3 is 0 Å². The summed E-state index contributed by atoms with van der Waals surface area (Å²) < 4.78 is 1.27. The summed E-state index contributed by atoms with van der Waals surface area (Å²) in [4.78, 5) is 25.6. The van der Waals surface area contributed by atoms with E-state index in [0.717, 1.165) is 22.1 Å². The molecule has 1 aromatic heterocycles. The van der Waals surface area contributed by atoms with Gasteiger partial charge in [0.2, 0.25) is 5.91 Å². The fourth-order valence-corrected chi connectivity index (χ4v) is 3.43. The molecule has 0 aliphatic carbocycles. The average molecular weight is 339 g/mol. The Morgan fingerprint density at radius 2 is 1.19 bits per heavy atom. The van der Waals surface area contributed by atoms with Gasteiger partial charge in [-0.25, -0.2) is 4.57 Å². The molecule has 126 valence electrons. The number of carbonyl (C=O) groups excluding carboxylic acids is 1. The van der Waals surface area contributed by atoms with Crippen LogP contribution in [0.3, 0.4) is 0 Å². The van der Waals surface area contributed by atoms with E-state index in [4.69, 9.17) is 0 Å². The lowest BCUT2D eigenvalue weighted by Gasteiger charge is -2.17. The van der Waals surface area contributed by atoms with Crippen LogP contribution in [-0.2, 0) is 0 Å². The zero-order chi connectivity index (χ0) is 18.1. The molecule has 4 aromatic rings. The molecule has 0 saturated heterocycles. The molecular formula is C23H17NO2. The van der Waals surface area contributed by atoms with E-state index >= 15 is 0 Å². The van der Waals surface area contributed by atoms with Crippen molar-refractivity contribution in [3.05, 3.63) is 95.3 Å². The third-order valence-electron chi connectivity index (χ3n) is 4.52. The minimum absolute atomic E-state index is 0.289. The first kappa shape index (κ1) is 16.0. The minimum Gasteiger partial charge on any atom is -0.274 e. The zero-order valence-electron chi connectivity index (χ0n) is 14.3. The molecule has 0 bridgehead atoms. The molecule has 0 aliphatic heterocycles. The van der Waals surface area contributed by atoms with Gasteiger partial charge in [0.25, 0.3) is 5.56 Å². The highest BCUT2D eigenvalue weighted by Crippen LogP contribution is 2.35. The normalized spacial score (nSPS) is 10.8. The molecule has 0 fully saturated rings. The second kappa shape index (κ2) is 6.45. The van der Waals surface area contributed by atoms with Crippen molar-refractivity contribution in [2.45, 2.75) is 6.92 Å². The summed E-state index contributed by atoms with van der Waals surface area (Å²) in [5, 5.41) is 0.882. The first-order chi connectivity index (χ1) is 12.7. The molecule has 0 N–H and O–H groups in total. The molecule has 3 heteroatoms. The molecule has 4 rings (SSSR count). The number of hydrogen-bond donors (Lipinski definition) is 0. The molecule has 0 aliphatic rings. The molecule has 1 heterocycles. The molecule has 0 saturated carbocycles. The number of hydrogen-bond acceptors (Lipinski definition) is 2. The topological polar surface area (TPSA) is 39.1 Å². The van der Waals surface area contributed by atoms with Crippen LogP contribution in [0.5, 0.6) is 0 Å². The van der Waals surface area contributed by atoms with Crippen LogP contribution in [0.25, 0.3) is 33.2 Å². The van der Waals surface area contributed by atoms with Gasteiger partial charge in [0.05, 0.1) is 11.1 Å². The lowest BCUT2D eigenvalue weighted by molar-refractivity contribution is 0.0938. The Morgan fingerprint density at radius 1 is 0.692 bits per heavy atom. The number of pyridine rings is 1. The third-order valence-corrected chi connectivity index (χ3v) is 4.52. The van der Waals surface area contributed by atoms with Crippen molar-refractivity contribution in [2.24, 2.45) is 0 Å². The summed E-state index contributed by atoms with van der Waals surface area (Å²) in [6.45, 7) is 1.42. The van der Waals surface area contributed by atoms with E-state index in [1.54, 1.807) is 0 Å². The lowest BCUT2D eigenvalue weighted by Crippen LogP contribution is -2.27. The summed E-state index contributed by atoms with van der Waals surface area (Å²) in [6.07, 6.45) is 0. The second-order valence-electron chi connectivity index (χ2n) is 6.16. The van der Waals surface area contributed by atoms with E-state index in [2.05, 4.69) is 0 Å². The predicted octanol–water partition coefficient (Wildman–Crippen LogP) is 5.00. The molecule has 26 heavy (non-hydrogen) atoms. The van der Waals surface area contributed by atoms with Crippen molar-refractivity contribution in [3.8, 4) is 22.3 Å². The summed E-state index contributed by atoms with van der Waals surface area (Å²) >= 11 is 0. The second-order valence-corrected chi connectivity index (χ2v) is 6.16. The standard InChI is InChI=1S/C23H17NO2/c1-16(25)24-20-15-9-8-14-19(20)21(17-10-4-2-5-11-17)22(23(24)26)18-12-6-3-7-13-18/h2-15H,1H3. The maximum absolute atomic E-state index is 13.4. The molecular weight excluding hydrogens is 322 g/mol. The van der Waals surface area contributed by atoms with Crippen LogP contribution in [0, 0.1) is 0 Å². The molecule has 0 unspecified atom stereocenters. The van der Waals surface area contributed by atoms with E-state index in [1.807, 2.05) is 84.9 Å². The van der Waals surface area contributed by atoms with E-state index < -0.39 is 0 Å². The van der Waals surface area contributed by atoms with Crippen molar-refractivity contribution < 1.29 is 4.79 Å². The minimum atomic E-state index is -0.291. The number of nitrogens with zero attached hydrogens (tertiary/aromatic N) is 1. The zero-order valence-corrected chi connectivity index (χ0v) is 14.3. The van der Waals surface area contributed by atoms with Crippen molar-refractivity contribution in [2.75, 3.05) is 0 Å². The van der Waals surface area contributed by atoms with Gasteiger partial charge in [-0.05, 0) is 17.2 Å². The van der Waals surface area contributed by atoms with Crippen molar-refractivity contribution in [3.63, 3.8) is 0 Å². The smallest absolute Gasteiger partial charge is 0.266 e. The van der Waals surface area contributed by atoms with Crippen LogP contribution in [0.4, 0.5) is 0 Å². The number of aromatic nitrogens is 1. The van der Waals surface area contributed by atoms with Gasteiger partial charge >= 0.3 is 0 Å². The Labute approximate surface area is 151 Å². The molecule has 0 radical (unpaired) electrons. The highest BCUT2D eigenvalue weighted by molar-refractivity contribution is 6.05. The van der Waals surface area contributed by atoms with E-state index in [0.29, 0.717) is 11.1 Å². The van der Waals surface area contributed by atoms with Crippen LogP contribution in [-0.4, -0.2) is 10.5 Å². The molecule has 0 atom stereocenters. The van der Waals surface area contributed by atoms with E-state index in [9.17, 15) is 9.59 Å². The van der Waals surface area contributed by atoms with Crippen molar-refractivity contribution in [1.29, 1.82) is 0 Å². The largest absolute Gasteiger partial charge is 0.274 e. The first-order valence-corrected chi connectivity index (χ1v) is 8.48. The number of para-hydroxylation sites is 1. The molecule has 0 amide bonds. The summed E-state index contributed by atoms with van der Waals surface area (Å²) in [5.74, 6) is -0.289. The maximum atomic E-state index is 13.4. The lowest BCUT2D eigenvalue weighted by atomic mass is 9.92. The van der Waals surface area contributed by atoms with Gasteiger partial charge in [0, 0.05) is 17.9 Å². The molecule has 3 aromatic carbocycles. The number of benzene rings is 3. The Morgan fingerprint density at radius 3 is 1.77 bits per heavy atom. The highest BCUT2D eigenvalue weighted by Gasteiger charge is 2.20. The van der Waals surface area contributed by atoms with Crippen LogP contribution in [0.15, 0.2) is 89.7 Å². The van der Waals surface area contributed by atoms with Gasteiger partial charge in [-0.15, -0.1) is 0 Å². The Hall–Kier alpha value is -3.46. The highest BCUT2D eigenvalue weighted by atomic mass is 16.2. The Balaban J connectivity index is 2.26. The van der Waals surface area contributed by atoms with E-state index in [-0.39, 0.29) is 11.5 Å². The van der Waals surface area contributed by atoms with Crippen LogP contribution in [0.1, 0.15) is 11.7 Å².